The molecule has 0 aromatic rings. The Kier molecular flexibility index (Phi) is 6.88. The van der Waals surface area contributed by atoms with Gasteiger partial charge in [-0.25, -0.2) is 0 Å². The van der Waals surface area contributed by atoms with E-state index in [1.165, 1.54) is 0 Å². The first-order chi connectivity index (χ1) is 3.00. The van der Waals surface area contributed by atoms with E-state index in [-0.39, 0.29) is 37.7 Å². The second-order valence-electron chi connectivity index (χ2n) is 0.923. The molecule has 0 bridgehead atoms. The molecule has 1 rings (SSSR count). The van der Waals surface area contributed by atoms with Gasteiger partial charge in [0, 0.05) is 37.7 Å². The van der Waals surface area contributed by atoms with Gasteiger partial charge in [0.25, 0.3) is 0 Å². The van der Waals surface area contributed by atoms with Gasteiger partial charge in [-0.2, -0.15) is 0 Å². The van der Waals surface area contributed by atoms with Crippen LogP contribution in [0.4, 0.5) is 0 Å². The zero-order valence-electron chi connectivity index (χ0n) is 3.92. The van der Waals surface area contributed by atoms with Crippen LogP contribution >= 0.6 is 19.2 Å². The molecule has 0 aromatic carbocycles. The Hall–Kier alpha value is 1.52. The fraction of sp³-hybridized carbons (Fsp3) is 0. The van der Waals surface area contributed by atoms with Gasteiger partial charge in [-0.3, -0.25) is 0 Å². The van der Waals surface area contributed by atoms with Crippen LogP contribution in [0.2, 0.25) is 0 Å². The Labute approximate surface area is 79.4 Å². The topological polar surface area (TPSA) is 0 Å². The summed E-state index contributed by atoms with van der Waals surface area (Å²) in [6.07, 6.45) is 4.14. The van der Waals surface area contributed by atoms with E-state index in [1.54, 1.807) is 0 Å². The van der Waals surface area contributed by atoms with Crippen molar-refractivity contribution in [1.29, 1.82) is 0 Å². The fourth-order valence-electron chi connectivity index (χ4n) is 0.258. The molecule has 0 aromatic heterocycles. The summed E-state index contributed by atoms with van der Waals surface area (Å²) in [5, 5.41) is 2.11. The van der Waals surface area contributed by atoms with E-state index in [0.717, 1.165) is 7.78 Å². The summed E-state index contributed by atoms with van der Waals surface area (Å²) in [7, 11) is 0.951. The molecule has 0 aliphatic carbocycles. The molecule has 0 saturated heterocycles. The Bertz CT molecular complexity index is 77.7. The second-order valence-corrected chi connectivity index (χ2v) is 3.41. The quantitative estimate of drug-likeness (QED) is 0.381. The minimum Gasteiger partial charge on any atom is -0.106 e. The molecule has 1 heterocycles. The summed E-state index contributed by atoms with van der Waals surface area (Å²) in [6.45, 7) is 0. The molecular weight excluding hydrogens is 151 g/mol. The summed E-state index contributed by atoms with van der Waals surface area (Å²) in [5.41, 5.74) is 0. The van der Waals surface area contributed by atoms with E-state index in [0.29, 0.717) is 0 Å². The van der Waals surface area contributed by atoms with E-state index in [4.69, 9.17) is 0 Å². The van der Waals surface area contributed by atoms with Crippen molar-refractivity contribution >= 4 is 56.9 Å². The molecule has 7 heavy (non-hydrogen) atoms. The van der Waals surface area contributed by atoms with E-state index in [9.17, 15) is 0 Å². The molecule has 1 unspecified atom stereocenters. The van der Waals surface area contributed by atoms with Crippen LogP contribution < -0.4 is 0 Å². The van der Waals surface area contributed by atoms with E-state index in [1.807, 2.05) is 11.4 Å². The van der Waals surface area contributed by atoms with Crippen LogP contribution in [0.3, 0.4) is 0 Å². The average Bonchev–Trinajstić information content (AvgIpc) is 1.72. The first kappa shape index (κ1) is 8.52. The van der Waals surface area contributed by atoms with Gasteiger partial charge in [-0.05, 0) is 13.2 Å². The van der Waals surface area contributed by atoms with Crippen molar-refractivity contribution in [3.8, 4) is 0 Å². The third-order valence-corrected chi connectivity index (χ3v) is 2.47. The summed E-state index contributed by atoms with van der Waals surface area (Å²) in [6, 6.07) is 0. The van der Waals surface area contributed by atoms with Crippen LogP contribution in [-0.4, -0.2) is 37.7 Å². The number of rotatable bonds is 0. The van der Waals surface area contributed by atoms with Crippen LogP contribution in [-0.2, 0) is 0 Å². The van der Waals surface area contributed by atoms with Gasteiger partial charge >= 0.3 is 0 Å². The van der Waals surface area contributed by atoms with Gasteiger partial charge in [0.1, 0.15) is 0 Å². The largest absolute Gasteiger partial charge is 0.106 e. The molecule has 34 valence electrons. The third kappa shape index (κ3) is 4.05. The molecule has 0 saturated carbocycles. The summed E-state index contributed by atoms with van der Waals surface area (Å²) >= 11 is 1.86. The average molecular weight is 156 g/mol. The van der Waals surface area contributed by atoms with Crippen LogP contribution in [0.25, 0.3) is 0 Å². The molecule has 0 N–H and O–H groups in total. The molecule has 0 amide bonds. The molecule has 0 fully saturated rings. The molecule has 0 spiro atoms. The SMILES string of the molecule is C1=CPSC=C1.[Ca]. The molecule has 1 atom stereocenters. The molecule has 2 radical (unpaired) electrons. The van der Waals surface area contributed by atoms with E-state index < -0.39 is 0 Å². The number of allylic oxidation sites excluding steroid dienone is 2. The smallest absolute Gasteiger partial charge is 0 e. The normalized spacial score (nSPS) is 19.4. The number of hydrogen-bond donors (Lipinski definition) is 0. The molecule has 1 aliphatic rings. The maximum atomic E-state index is 2.17. The molecular formula is C4H5CaPS. The van der Waals surface area contributed by atoms with Gasteiger partial charge in [0.2, 0.25) is 0 Å². The minimum atomic E-state index is 0. The maximum absolute atomic E-state index is 2.17. The van der Waals surface area contributed by atoms with Crippen LogP contribution in [0.5, 0.6) is 0 Å². The van der Waals surface area contributed by atoms with Crippen molar-refractivity contribution in [2.45, 2.75) is 0 Å². The van der Waals surface area contributed by atoms with Crippen LogP contribution in [0.1, 0.15) is 0 Å². The minimum absolute atomic E-state index is 0. The van der Waals surface area contributed by atoms with Gasteiger partial charge in [-0.15, -0.1) is 11.4 Å². The van der Waals surface area contributed by atoms with Gasteiger partial charge in [0.15, 0.2) is 0 Å². The summed E-state index contributed by atoms with van der Waals surface area (Å²) in [5.74, 6) is 2.17. The van der Waals surface area contributed by atoms with Gasteiger partial charge in [-0.1, -0.05) is 18.0 Å². The zero-order chi connectivity index (χ0) is 4.24. The van der Waals surface area contributed by atoms with Gasteiger partial charge < -0.3 is 0 Å². The first-order valence-corrected chi connectivity index (χ1v) is 4.41. The van der Waals surface area contributed by atoms with Crippen LogP contribution in [0.15, 0.2) is 23.4 Å². The Morgan fingerprint density at radius 2 is 2.14 bits per heavy atom. The fourth-order valence-corrected chi connectivity index (χ4v) is 1.72. The maximum Gasteiger partial charge on any atom is 0 e. The standard InChI is InChI=1S/C4H5PS.Ca/c1-2-4-6-5-3-1;/h1-5H;. The van der Waals surface area contributed by atoms with Crippen molar-refractivity contribution in [2.24, 2.45) is 0 Å². The first-order valence-electron chi connectivity index (χ1n) is 1.73. The Morgan fingerprint density at radius 3 is 2.29 bits per heavy atom. The number of hydrogen-bond acceptors (Lipinski definition) is 1. The van der Waals surface area contributed by atoms with Gasteiger partial charge in [0.05, 0.1) is 0 Å². The van der Waals surface area contributed by atoms with Crippen molar-refractivity contribution in [3.05, 3.63) is 23.4 Å². The zero-order valence-corrected chi connectivity index (χ0v) is 7.95. The molecule has 0 nitrogen and oxygen atoms in total. The Balaban J connectivity index is 0.000000360. The summed E-state index contributed by atoms with van der Waals surface area (Å²) < 4.78 is 0. The predicted molar refractivity (Wildman–Crippen MR) is 39.9 cm³/mol. The van der Waals surface area contributed by atoms with Crippen LogP contribution in [0, 0.1) is 0 Å². The van der Waals surface area contributed by atoms with Crippen molar-refractivity contribution in [3.63, 3.8) is 0 Å². The van der Waals surface area contributed by atoms with Crippen molar-refractivity contribution < 1.29 is 0 Å². The predicted octanol–water partition coefficient (Wildman–Crippen LogP) is 1.97. The second kappa shape index (κ2) is 5.65. The molecule has 3 heteroatoms. The molecule has 1 aliphatic heterocycles. The van der Waals surface area contributed by atoms with Crippen molar-refractivity contribution in [2.75, 3.05) is 0 Å². The Morgan fingerprint density at radius 1 is 1.29 bits per heavy atom. The monoisotopic (exact) mass is 156 g/mol. The van der Waals surface area contributed by atoms with E-state index >= 15 is 0 Å². The summed E-state index contributed by atoms with van der Waals surface area (Å²) in [4.78, 5) is 0. The van der Waals surface area contributed by atoms with E-state index in [2.05, 4.69) is 23.4 Å². The third-order valence-electron chi connectivity index (χ3n) is 0.490. The van der Waals surface area contributed by atoms with Crippen molar-refractivity contribution in [1.82, 2.24) is 0 Å².